The molecular formula is C22H38IN3O5. The highest BCUT2D eigenvalue weighted by Gasteiger charge is 2.15. The van der Waals surface area contributed by atoms with E-state index in [2.05, 4.69) is 22.5 Å². The fourth-order valence-corrected chi connectivity index (χ4v) is 3.00. The maximum atomic E-state index is 5.80. The summed E-state index contributed by atoms with van der Waals surface area (Å²) >= 11 is 0. The summed E-state index contributed by atoms with van der Waals surface area (Å²) < 4.78 is 27.4. The van der Waals surface area contributed by atoms with Crippen LogP contribution in [0.3, 0.4) is 0 Å². The van der Waals surface area contributed by atoms with Gasteiger partial charge in [0.25, 0.3) is 0 Å². The van der Waals surface area contributed by atoms with Gasteiger partial charge in [0.2, 0.25) is 0 Å². The summed E-state index contributed by atoms with van der Waals surface area (Å²) in [4.78, 5) is 4.60. The molecule has 0 bridgehead atoms. The lowest BCUT2D eigenvalue weighted by Crippen LogP contribution is -2.38. The molecule has 0 spiro atoms. The molecule has 8 nitrogen and oxygen atoms in total. The number of benzene rings is 1. The molecule has 178 valence electrons. The second kappa shape index (κ2) is 17.1. The largest absolute Gasteiger partial charge is 0.496 e. The van der Waals surface area contributed by atoms with Crippen LogP contribution in [0.5, 0.6) is 17.2 Å². The van der Waals surface area contributed by atoms with Gasteiger partial charge in [-0.05, 0) is 19.8 Å². The quantitative estimate of drug-likeness (QED) is 0.159. The number of nitrogens with one attached hydrogen (secondary N) is 2. The number of guanidine groups is 1. The Morgan fingerprint density at radius 3 is 2.45 bits per heavy atom. The van der Waals surface area contributed by atoms with Crippen LogP contribution in [0.2, 0.25) is 0 Å². The van der Waals surface area contributed by atoms with Crippen molar-refractivity contribution in [1.82, 2.24) is 10.6 Å². The fraction of sp³-hybridized carbons (Fsp3) is 0.682. The Morgan fingerprint density at radius 1 is 1.06 bits per heavy atom. The van der Waals surface area contributed by atoms with Gasteiger partial charge in [0.1, 0.15) is 17.2 Å². The van der Waals surface area contributed by atoms with Crippen LogP contribution in [0.15, 0.2) is 23.2 Å². The van der Waals surface area contributed by atoms with Gasteiger partial charge >= 0.3 is 0 Å². The number of nitrogens with zero attached hydrogens (tertiary/aromatic N) is 1. The molecule has 1 atom stereocenters. The summed E-state index contributed by atoms with van der Waals surface area (Å²) in [5, 5.41) is 6.61. The Hall–Kier alpha value is -1.46. The first-order valence-corrected chi connectivity index (χ1v) is 10.8. The van der Waals surface area contributed by atoms with Crippen LogP contribution >= 0.6 is 24.0 Å². The number of rotatable bonds is 14. The molecule has 9 heteroatoms. The molecule has 1 aliphatic heterocycles. The highest BCUT2D eigenvalue weighted by Crippen LogP contribution is 2.27. The molecule has 1 fully saturated rings. The van der Waals surface area contributed by atoms with Crippen molar-refractivity contribution in [2.75, 3.05) is 66.9 Å². The Balaban J connectivity index is 0.00000480. The van der Waals surface area contributed by atoms with Gasteiger partial charge in [-0.1, -0.05) is 0 Å². The zero-order chi connectivity index (χ0) is 21.4. The van der Waals surface area contributed by atoms with Crippen molar-refractivity contribution in [1.29, 1.82) is 0 Å². The molecule has 1 aromatic rings. The smallest absolute Gasteiger partial charge is 0.191 e. The number of halogens is 1. The lowest BCUT2D eigenvalue weighted by atomic mass is 10.1. The predicted molar refractivity (Wildman–Crippen MR) is 133 cm³/mol. The molecule has 31 heavy (non-hydrogen) atoms. The molecule has 1 heterocycles. The van der Waals surface area contributed by atoms with Crippen LogP contribution in [-0.2, 0) is 9.47 Å². The van der Waals surface area contributed by atoms with E-state index in [4.69, 9.17) is 23.7 Å². The number of methoxy groups -OCH3 is 2. The molecule has 2 N–H and O–H groups in total. The van der Waals surface area contributed by atoms with Gasteiger partial charge in [-0.2, -0.15) is 0 Å². The molecule has 0 amide bonds. The van der Waals surface area contributed by atoms with Gasteiger partial charge in [-0.25, -0.2) is 0 Å². The average molecular weight is 551 g/mol. The minimum atomic E-state index is 0. The van der Waals surface area contributed by atoms with E-state index in [0.717, 1.165) is 70.5 Å². The first-order chi connectivity index (χ1) is 14.7. The fourth-order valence-electron chi connectivity index (χ4n) is 3.00. The second-order valence-corrected chi connectivity index (χ2v) is 7.10. The molecule has 1 unspecified atom stereocenters. The lowest BCUT2D eigenvalue weighted by Gasteiger charge is -2.12. The van der Waals surface area contributed by atoms with Crippen molar-refractivity contribution >= 4 is 29.9 Å². The third-order valence-corrected chi connectivity index (χ3v) is 4.65. The Bertz CT molecular complexity index is 605. The molecule has 1 saturated heterocycles. The lowest BCUT2D eigenvalue weighted by molar-refractivity contribution is 0.0888. The number of hydrogen-bond donors (Lipinski definition) is 2. The highest BCUT2D eigenvalue weighted by atomic mass is 127. The summed E-state index contributed by atoms with van der Waals surface area (Å²) in [6.07, 6.45) is 2.87. The standard InChI is InChI=1S/C22H37N3O5.HI/c1-4-23-22(24-8-5-10-28-16-18-7-12-29-17-18)25-9-6-11-30-21-14-19(26-2)13-20(15-21)27-3;/h13-15,18H,4-12,16-17H2,1-3H3,(H2,23,24,25);1H. The zero-order valence-corrected chi connectivity index (χ0v) is 21.3. The molecule has 1 aromatic carbocycles. The zero-order valence-electron chi connectivity index (χ0n) is 19.0. The highest BCUT2D eigenvalue weighted by molar-refractivity contribution is 14.0. The normalized spacial score (nSPS) is 15.8. The van der Waals surface area contributed by atoms with Gasteiger partial charge in [0.05, 0.1) is 34.0 Å². The third-order valence-electron chi connectivity index (χ3n) is 4.65. The average Bonchev–Trinajstić information content (AvgIpc) is 3.29. The minimum absolute atomic E-state index is 0. The predicted octanol–water partition coefficient (Wildman–Crippen LogP) is 3.09. The van der Waals surface area contributed by atoms with Crippen molar-refractivity contribution in [3.05, 3.63) is 18.2 Å². The van der Waals surface area contributed by atoms with E-state index in [-0.39, 0.29) is 24.0 Å². The van der Waals surface area contributed by atoms with E-state index in [1.165, 1.54) is 0 Å². The van der Waals surface area contributed by atoms with Gasteiger partial charge in [0, 0.05) is 63.4 Å². The molecule has 0 aliphatic carbocycles. The molecular weight excluding hydrogens is 513 g/mol. The van der Waals surface area contributed by atoms with Gasteiger partial charge in [-0.3, -0.25) is 4.99 Å². The van der Waals surface area contributed by atoms with Crippen LogP contribution < -0.4 is 24.8 Å². The molecule has 0 aromatic heterocycles. The van der Waals surface area contributed by atoms with Crippen LogP contribution in [0.1, 0.15) is 26.2 Å². The van der Waals surface area contributed by atoms with Crippen molar-refractivity contribution < 1.29 is 23.7 Å². The second-order valence-electron chi connectivity index (χ2n) is 7.10. The first kappa shape index (κ1) is 27.6. The summed E-state index contributed by atoms with van der Waals surface area (Å²) in [5.41, 5.74) is 0. The van der Waals surface area contributed by atoms with E-state index in [1.807, 2.05) is 18.2 Å². The SMILES string of the molecule is CCNC(=NCCCOc1cc(OC)cc(OC)c1)NCCCOCC1CCOC1.I. The first-order valence-electron chi connectivity index (χ1n) is 10.8. The van der Waals surface area contributed by atoms with Gasteiger partial charge in [0.15, 0.2) is 5.96 Å². The number of ether oxygens (including phenoxy) is 5. The Labute approximate surface area is 203 Å². The Morgan fingerprint density at radius 2 is 1.81 bits per heavy atom. The van der Waals surface area contributed by atoms with Crippen LogP contribution in [0.25, 0.3) is 0 Å². The topological polar surface area (TPSA) is 82.6 Å². The Kier molecular flexibility index (Phi) is 15.2. The molecule has 0 saturated carbocycles. The van der Waals surface area contributed by atoms with Gasteiger partial charge in [-0.15, -0.1) is 24.0 Å². The minimum Gasteiger partial charge on any atom is -0.496 e. The third kappa shape index (κ3) is 11.6. The van der Waals surface area contributed by atoms with Crippen molar-refractivity contribution in [3.8, 4) is 17.2 Å². The van der Waals surface area contributed by atoms with E-state index in [9.17, 15) is 0 Å². The molecule has 2 rings (SSSR count). The van der Waals surface area contributed by atoms with Crippen molar-refractivity contribution in [3.63, 3.8) is 0 Å². The number of hydrogen-bond acceptors (Lipinski definition) is 6. The van der Waals surface area contributed by atoms with Crippen molar-refractivity contribution in [2.24, 2.45) is 10.9 Å². The summed E-state index contributed by atoms with van der Waals surface area (Å²) in [7, 11) is 3.25. The monoisotopic (exact) mass is 551 g/mol. The molecule has 0 radical (unpaired) electrons. The maximum Gasteiger partial charge on any atom is 0.191 e. The van der Waals surface area contributed by atoms with Crippen LogP contribution in [-0.4, -0.2) is 72.8 Å². The number of aliphatic imine (C=N–C) groups is 1. The maximum absolute atomic E-state index is 5.80. The van der Waals surface area contributed by atoms with E-state index in [1.54, 1.807) is 14.2 Å². The van der Waals surface area contributed by atoms with E-state index < -0.39 is 0 Å². The van der Waals surface area contributed by atoms with E-state index in [0.29, 0.717) is 30.6 Å². The van der Waals surface area contributed by atoms with Gasteiger partial charge < -0.3 is 34.3 Å². The van der Waals surface area contributed by atoms with E-state index >= 15 is 0 Å². The summed E-state index contributed by atoms with van der Waals surface area (Å²) in [5.74, 6) is 3.54. The van der Waals surface area contributed by atoms with Crippen LogP contribution in [0.4, 0.5) is 0 Å². The summed E-state index contributed by atoms with van der Waals surface area (Å²) in [6.45, 7) is 8.21. The molecule has 1 aliphatic rings. The summed E-state index contributed by atoms with van der Waals surface area (Å²) in [6, 6.07) is 5.51. The van der Waals surface area contributed by atoms with Crippen LogP contribution in [0, 0.1) is 5.92 Å². The van der Waals surface area contributed by atoms with Crippen molar-refractivity contribution in [2.45, 2.75) is 26.2 Å².